The lowest BCUT2D eigenvalue weighted by atomic mass is 10.1. The third-order valence-corrected chi connectivity index (χ3v) is 7.48. The number of nitrogens with zero attached hydrogens (tertiary/aromatic N) is 5. The molecule has 0 N–H and O–H groups in total. The molecular formula is C21H28FN5O3S. The van der Waals surface area contributed by atoms with Gasteiger partial charge < -0.3 is 9.80 Å². The Morgan fingerprint density at radius 2 is 1.77 bits per heavy atom. The minimum Gasteiger partial charge on any atom is -0.369 e. The second-order valence-electron chi connectivity index (χ2n) is 7.62. The number of rotatable bonds is 10. The average molecular weight is 450 g/mol. The first-order valence-corrected chi connectivity index (χ1v) is 11.9. The number of carbonyl (C=O) groups excluding carboxylic acids is 1. The number of amides is 1. The van der Waals surface area contributed by atoms with Crippen molar-refractivity contribution in [3.63, 3.8) is 0 Å². The van der Waals surface area contributed by atoms with Crippen molar-refractivity contribution in [1.29, 1.82) is 0 Å². The lowest BCUT2D eigenvalue weighted by molar-refractivity contribution is -0.118. The average Bonchev–Trinajstić information content (AvgIpc) is 2.79. The Bertz CT molecular complexity index is 935. The van der Waals surface area contributed by atoms with Crippen LogP contribution in [0.25, 0.3) is 0 Å². The summed E-state index contributed by atoms with van der Waals surface area (Å²) < 4.78 is 40.7. The van der Waals surface area contributed by atoms with E-state index in [-0.39, 0.29) is 11.6 Å². The SMILES string of the molecule is CN(C=O)[C@H](CCCc1ncccn1)CS(=O)(=O)N1CCN(c2ccc(F)cc2)CC1. The summed E-state index contributed by atoms with van der Waals surface area (Å²) in [5.74, 6) is 0.290. The fourth-order valence-corrected chi connectivity index (χ4v) is 5.49. The van der Waals surface area contributed by atoms with Gasteiger partial charge in [-0.3, -0.25) is 4.79 Å². The van der Waals surface area contributed by atoms with Gasteiger partial charge in [-0.2, -0.15) is 4.31 Å². The van der Waals surface area contributed by atoms with Crippen LogP contribution in [0.4, 0.5) is 10.1 Å². The van der Waals surface area contributed by atoms with E-state index in [9.17, 15) is 17.6 Å². The number of sulfonamides is 1. The molecule has 1 aliphatic rings. The third kappa shape index (κ3) is 6.44. The predicted octanol–water partition coefficient (Wildman–Crippen LogP) is 1.55. The Balaban J connectivity index is 1.56. The summed E-state index contributed by atoms with van der Waals surface area (Å²) in [7, 11) is -1.92. The monoisotopic (exact) mass is 449 g/mol. The summed E-state index contributed by atoms with van der Waals surface area (Å²) in [4.78, 5) is 23.2. The van der Waals surface area contributed by atoms with Gasteiger partial charge in [-0.05, 0) is 43.2 Å². The highest BCUT2D eigenvalue weighted by molar-refractivity contribution is 7.89. The molecule has 0 aliphatic carbocycles. The van der Waals surface area contributed by atoms with Crippen LogP contribution in [0.3, 0.4) is 0 Å². The van der Waals surface area contributed by atoms with Gasteiger partial charge in [0, 0.05) is 63.8 Å². The third-order valence-electron chi connectivity index (χ3n) is 5.53. The fraction of sp³-hybridized carbons (Fsp3) is 0.476. The number of aromatic nitrogens is 2. The van der Waals surface area contributed by atoms with Crippen molar-refractivity contribution in [3.8, 4) is 0 Å². The lowest BCUT2D eigenvalue weighted by Crippen LogP contribution is -2.51. The first-order valence-electron chi connectivity index (χ1n) is 10.3. The summed E-state index contributed by atoms with van der Waals surface area (Å²) in [6.45, 7) is 1.78. The maximum atomic E-state index is 13.1. The second kappa shape index (κ2) is 10.6. The molecule has 0 unspecified atom stereocenters. The molecule has 10 heteroatoms. The molecule has 1 amide bonds. The molecule has 1 fully saturated rings. The Kier molecular flexibility index (Phi) is 7.91. The Hall–Kier alpha value is -2.59. The van der Waals surface area contributed by atoms with E-state index in [4.69, 9.17) is 0 Å². The number of hydrogen-bond acceptors (Lipinski definition) is 6. The van der Waals surface area contributed by atoms with Crippen LogP contribution in [0.15, 0.2) is 42.7 Å². The zero-order valence-electron chi connectivity index (χ0n) is 17.6. The van der Waals surface area contributed by atoms with Crippen molar-refractivity contribution >= 4 is 22.1 Å². The molecule has 1 aromatic carbocycles. The molecule has 0 radical (unpaired) electrons. The molecule has 1 atom stereocenters. The van der Waals surface area contributed by atoms with Crippen LogP contribution in [0, 0.1) is 5.82 Å². The molecule has 2 aromatic rings. The van der Waals surface area contributed by atoms with Gasteiger partial charge in [0.05, 0.1) is 5.75 Å². The molecule has 31 heavy (non-hydrogen) atoms. The van der Waals surface area contributed by atoms with Crippen molar-refractivity contribution in [2.75, 3.05) is 43.9 Å². The predicted molar refractivity (Wildman–Crippen MR) is 117 cm³/mol. The highest BCUT2D eigenvalue weighted by Gasteiger charge is 2.30. The summed E-state index contributed by atoms with van der Waals surface area (Å²) in [5, 5.41) is 0. The normalized spacial score (nSPS) is 16.1. The van der Waals surface area contributed by atoms with E-state index in [1.807, 2.05) is 4.90 Å². The first kappa shape index (κ1) is 23.1. The molecule has 0 bridgehead atoms. The van der Waals surface area contributed by atoms with Gasteiger partial charge in [-0.1, -0.05) is 0 Å². The van der Waals surface area contributed by atoms with Crippen molar-refractivity contribution in [3.05, 3.63) is 54.4 Å². The van der Waals surface area contributed by atoms with Crippen molar-refractivity contribution in [1.82, 2.24) is 19.2 Å². The molecule has 0 spiro atoms. The minimum absolute atomic E-state index is 0.117. The molecule has 1 saturated heterocycles. The minimum atomic E-state index is -3.53. The van der Waals surface area contributed by atoms with Crippen LogP contribution < -0.4 is 4.90 Å². The topological polar surface area (TPSA) is 86.7 Å². The van der Waals surface area contributed by atoms with Gasteiger partial charge in [-0.25, -0.2) is 22.8 Å². The van der Waals surface area contributed by atoms with Gasteiger partial charge in [-0.15, -0.1) is 0 Å². The number of anilines is 1. The molecule has 168 valence electrons. The van der Waals surface area contributed by atoms with E-state index in [1.165, 1.54) is 21.3 Å². The van der Waals surface area contributed by atoms with Crippen LogP contribution in [0.2, 0.25) is 0 Å². The second-order valence-corrected chi connectivity index (χ2v) is 9.64. The summed E-state index contributed by atoms with van der Waals surface area (Å²) in [6, 6.07) is 7.53. The number of halogens is 1. The number of hydrogen-bond donors (Lipinski definition) is 0. The first-order chi connectivity index (χ1) is 14.9. The number of carbonyl (C=O) groups is 1. The summed E-state index contributed by atoms with van der Waals surface area (Å²) >= 11 is 0. The quantitative estimate of drug-likeness (QED) is 0.512. The molecule has 3 rings (SSSR count). The van der Waals surface area contributed by atoms with Crippen LogP contribution in [0.1, 0.15) is 18.7 Å². The van der Waals surface area contributed by atoms with Gasteiger partial charge in [0.25, 0.3) is 0 Å². The lowest BCUT2D eigenvalue weighted by Gasteiger charge is -2.36. The van der Waals surface area contributed by atoms with E-state index in [2.05, 4.69) is 9.97 Å². The largest absolute Gasteiger partial charge is 0.369 e. The zero-order chi connectivity index (χ0) is 22.3. The Morgan fingerprint density at radius 1 is 1.13 bits per heavy atom. The van der Waals surface area contributed by atoms with Crippen molar-refractivity contribution in [2.45, 2.75) is 25.3 Å². The smallest absolute Gasteiger partial charge is 0.216 e. The van der Waals surface area contributed by atoms with E-state index >= 15 is 0 Å². The molecule has 8 nitrogen and oxygen atoms in total. The van der Waals surface area contributed by atoms with Crippen molar-refractivity contribution < 1.29 is 17.6 Å². The van der Waals surface area contributed by atoms with Gasteiger partial charge in [0.15, 0.2) is 0 Å². The maximum absolute atomic E-state index is 13.1. The van der Waals surface area contributed by atoms with Crippen LogP contribution >= 0.6 is 0 Å². The Morgan fingerprint density at radius 3 is 2.39 bits per heavy atom. The zero-order valence-corrected chi connectivity index (χ0v) is 18.4. The Labute approximate surface area is 182 Å². The van der Waals surface area contributed by atoms with E-state index in [0.29, 0.717) is 57.7 Å². The number of benzene rings is 1. The van der Waals surface area contributed by atoms with E-state index < -0.39 is 16.1 Å². The van der Waals surface area contributed by atoms with Gasteiger partial charge >= 0.3 is 0 Å². The molecule has 1 aromatic heterocycles. The maximum Gasteiger partial charge on any atom is 0.216 e. The summed E-state index contributed by atoms with van der Waals surface area (Å²) in [6.07, 6.45) is 5.87. The summed E-state index contributed by atoms with van der Waals surface area (Å²) in [5.41, 5.74) is 0.875. The highest BCUT2D eigenvalue weighted by Crippen LogP contribution is 2.19. The highest BCUT2D eigenvalue weighted by atomic mass is 32.2. The molecule has 1 aliphatic heterocycles. The van der Waals surface area contributed by atoms with Crippen LogP contribution in [-0.2, 0) is 21.2 Å². The van der Waals surface area contributed by atoms with Gasteiger partial charge in [0.2, 0.25) is 16.4 Å². The van der Waals surface area contributed by atoms with E-state index in [0.717, 1.165) is 5.69 Å². The van der Waals surface area contributed by atoms with Crippen LogP contribution in [0.5, 0.6) is 0 Å². The number of piperazine rings is 1. The van der Waals surface area contributed by atoms with Gasteiger partial charge in [0.1, 0.15) is 11.6 Å². The molecule has 0 saturated carbocycles. The van der Waals surface area contributed by atoms with Crippen molar-refractivity contribution in [2.24, 2.45) is 0 Å². The van der Waals surface area contributed by atoms with E-state index in [1.54, 1.807) is 37.6 Å². The fourth-order valence-electron chi connectivity index (χ4n) is 3.67. The molecule has 2 heterocycles. The van der Waals surface area contributed by atoms with Crippen LogP contribution in [-0.4, -0.2) is 79.0 Å². The standard InChI is InChI=1S/C21H28FN5O3S/c1-25(17-28)20(4-2-5-21-23-10-3-11-24-21)16-31(29,30)27-14-12-26(13-15-27)19-8-6-18(22)7-9-19/h3,6-11,17,20H,2,4-5,12-16H2,1H3/t20-/m1/s1. The number of aryl methyl sites for hydroxylation is 1. The molecular weight excluding hydrogens is 421 g/mol.